The Morgan fingerprint density at radius 2 is 2.47 bits per heavy atom. The van der Waals surface area contributed by atoms with Crippen LogP contribution in [0.2, 0.25) is 0 Å². The number of carbonyl (C=O) groups is 1. The van der Waals surface area contributed by atoms with Gasteiger partial charge in [-0.25, -0.2) is 0 Å². The Labute approximate surface area is 96.8 Å². The van der Waals surface area contributed by atoms with Crippen molar-refractivity contribution in [2.75, 3.05) is 18.6 Å². The molecule has 1 rings (SSSR count). The van der Waals surface area contributed by atoms with E-state index in [0.717, 1.165) is 25.1 Å². The topological polar surface area (TPSA) is 41.1 Å². The summed E-state index contributed by atoms with van der Waals surface area (Å²) in [5.74, 6) is 1.31. The summed E-state index contributed by atoms with van der Waals surface area (Å²) in [6.45, 7) is 3.15. The lowest BCUT2D eigenvalue weighted by Crippen LogP contribution is -2.37. The van der Waals surface area contributed by atoms with Crippen LogP contribution in [0.5, 0.6) is 0 Å². The normalized spacial score (nSPS) is 22.7. The Hall–Kier alpha value is -0.220. The van der Waals surface area contributed by atoms with E-state index in [1.165, 1.54) is 6.42 Å². The monoisotopic (exact) mass is 230 g/mol. The second kappa shape index (κ2) is 7.12. The van der Waals surface area contributed by atoms with E-state index in [0.29, 0.717) is 18.5 Å². The van der Waals surface area contributed by atoms with Crippen molar-refractivity contribution in [3.63, 3.8) is 0 Å². The van der Waals surface area contributed by atoms with Crippen LogP contribution in [0.1, 0.15) is 32.6 Å². The van der Waals surface area contributed by atoms with Gasteiger partial charge in [0.1, 0.15) is 0 Å². The van der Waals surface area contributed by atoms with Gasteiger partial charge in [-0.3, -0.25) is 4.79 Å². The Morgan fingerprint density at radius 1 is 1.67 bits per heavy atom. The molecule has 2 atom stereocenters. The van der Waals surface area contributed by atoms with Crippen LogP contribution in [-0.2, 0) is 4.79 Å². The lowest BCUT2D eigenvalue weighted by Gasteiger charge is -2.15. The van der Waals surface area contributed by atoms with Gasteiger partial charge in [0.25, 0.3) is 0 Å². The molecule has 0 radical (unpaired) electrons. The van der Waals surface area contributed by atoms with E-state index in [4.69, 9.17) is 0 Å². The Morgan fingerprint density at radius 3 is 3.07 bits per heavy atom. The number of amides is 1. The van der Waals surface area contributed by atoms with Crippen molar-refractivity contribution in [2.45, 2.75) is 44.7 Å². The third-order valence-corrected chi connectivity index (χ3v) is 3.40. The molecule has 1 amide bonds. The van der Waals surface area contributed by atoms with Gasteiger partial charge >= 0.3 is 0 Å². The van der Waals surface area contributed by atoms with Gasteiger partial charge < -0.3 is 10.6 Å². The van der Waals surface area contributed by atoms with Crippen LogP contribution in [-0.4, -0.2) is 36.5 Å². The Bertz CT molecular complexity index is 193. The SMILES string of the molecule is CSCCC(C)NC(=O)CC1CCCN1. The fourth-order valence-corrected chi connectivity index (χ4v) is 2.44. The number of rotatable bonds is 6. The second-order valence-electron chi connectivity index (χ2n) is 4.25. The van der Waals surface area contributed by atoms with E-state index in [1.54, 1.807) is 0 Å². The van der Waals surface area contributed by atoms with E-state index in [1.807, 2.05) is 11.8 Å². The van der Waals surface area contributed by atoms with Gasteiger partial charge in [0.15, 0.2) is 0 Å². The van der Waals surface area contributed by atoms with Gasteiger partial charge in [-0.15, -0.1) is 0 Å². The molecule has 15 heavy (non-hydrogen) atoms. The fourth-order valence-electron chi connectivity index (χ4n) is 1.86. The number of thioether (sulfide) groups is 1. The number of nitrogens with one attached hydrogen (secondary N) is 2. The summed E-state index contributed by atoms with van der Waals surface area (Å²) in [7, 11) is 0. The molecule has 0 spiro atoms. The molecule has 0 saturated carbocycles. The highest BCUT2D eigenvalue weighted by Crippen LogP contribution is 2.08. The predicted octanol–water partition coefficient (Wildman–Crippen LogP) is 1.39. The molecule has 2 N–H and O–H groups in total. The highest BCUT2D eigenvalue weighted by molar-refractivity contribution is 7.98. The number of hydrogen-bond donors (Lipinski definition) is 2. The summed E-state index contributed by atoms with van der Waals surface area (Å²) in [4.78, 5) is 11.6. The lowest BCUT2D eigenvalue weighted by atomic mass is 10.1. The van der Waals surface area contributed by atoms with Crippen LogP contribution in [0.15, 0.2) is 0 Å². The zero-order valence-corrected chi connectivity index (χ0v) is 10.5. The van der Waals surface area contributed by atoms with Crippen LogP contribution < -0.4 is 10.6 Å². The van der Waals surface area contributed by atoms with E-state index < -0.39 is 0 Å². The molecule has 0 aromatic rings. The molecule has 1 fully saturated rings. The molecule has 1 saturated heterocycles. The summed E-state index contributed by atoms with van der Waals surface area (Å²) in [5, 5.41) is 6.39. The average Bonchev–Trinajstić information content (AvgIpc) is 2.67. The van der Waals surface area contributed by atoms with Gasteiger partial charge in [-0.2, -0.15) is 11.8 Å². The quantitative estimate of drug-likeness (QED) is 0.724. The molecule has 4 heteroatoms. The first-order valence-corrected chi connectivity index (χ1v) is 7.13. The molecule has 0 aromatic heterocycles. The minimum Gasteiger partial charge on any atom is -0.354 e. The number of hydrogen-bond acceptors (Lipinski definition) is 3. The molecule has 1 aliphatic heterocycles. The maximum atomic E-state index is 11.6. The smallest absolute Gasteiger partial charge is 0.221 e. The first-order valence-electron chi connectivity index (χ1n) is 5.74. The second-order valence-corrected chi connectivity index (χ2v) is 5.23. The van der Waals surface area contributed by atoms with Gasteiger partial charge in [0.2, 0.25) is 5.91 Å². The molecule has 1 aliphatic rings. The number of carbonyl (C=O) groups excluding carboxylic acids is 1. The molecule has 3 nitrogen and oxygen atoms in total. The Balaban J connectivity index is 2.11. The van der Waals surface area contributed by atoms with Crippen molar-refractivity contribution < 1.29 is 4.79 Å². The summed E-state index contributed by atoms with van der Waals surface area (Å²) < 4.78 is 0. The highest BCUT2D eigenvalue weighted by atomic mass is 32.2. The molecule has 1 heterocycles. The maximum Gasteiger partial charge on any atom is 0.221 e. The van der Waals surface area contributed by atoms with E-state index in [-0.39, 0.29) is 5.91 Å². The van der Waals surface area contributed by atoms with Crippen molar-refractivity contribution in [3.05, 3.63) is 0 Å². The van der Waals surface area contributed by atoms with Gasteiger partial charge in [-0.05, 0) is 44.7 Å². The van der Waals surface area contributed by atoms with Crippen LogP contribution >= 0.6 is 11.8 Å². The van der Waals surface area contributed by atoms with Gasteiger partial charge in [-0.1, -0.05) is 0 Å². The molecule has 2 unspecified atom stereocenters. The summed E-state index contributed by atoms with van der Waals surface area (Å²) >= 11 is 1.83. The van der Waals surface area contributed by atoms with Gasteiger partial charge in [0.05, 0.1) is 0 Å². The zero-order chi connectivity index (χ0) is 11.1. The summed E-state index contributed by atoms with van der Waals surface area (Å²) in [5.41, 5.74) is 0. The Kier molecular flexibility index (Phi) is 6.10. The lowest BCUT2D eigenvalue weighted by molar-refractivity contribution is -0.122. The first kappa shape index (κ1) is 12.8. The molecular formula is C11H22N2OS. The van der Waals surface area contributed by atoms with E-state index >= 15 is 0 Å². The van der Waals surface area contributed by atoms with Crippen LogP contribution in [0.4, 0.5) is 0 Å². The third-order valence-electron chi connectivity index (χ3n) is 2.76. The van der Waals surface area contributed by atoms with Crippen molar-refractivity contribution in [3.8, 4) is 0 Å². The van der Waals surface area contributed by atoms with Crippen molar-refractivity contribution >= 4 is 17.7 Å². The molecule has 0 aromatic carbocycles. The van der Waals surface area contributed by atoms with Crippen LogP contribution in [0.25, 0.3) is 0 Å². The molecular weight excluding hydrogens is 208 g/mol. The van der Waals surface area contributed by atoms with E-state index in [2.05, 4.69) is 23.8 Å². The summed E-state index contributed by atoms with van der Waals surface area (Å²) in [6.07, 6.45) is 6.15. The van der Waals surface area contributed by atoms with Crippen LogP contribution in [0, 0.1) is 0 Å². The fraction of sp³-hybridized carbons (Fsp3) is 0.909. The minimum absolute atomic E-state index is 0.197. The molecule has 0 bridgehead atoms. The predicted molar refractivity (Wildman–Crippen MR) is 66.2 cm³/mol. The maximum absolute atomic E-state index is 11.6. The third kappa shape index (κ3) is 5.42. The van der Waals surface area contributed by atoms with E-state index in [9.17, 15) is 4.79 Å². The molecule has 88 valence electrons. The van der Waals surface area contributed by atoms with Crippen molar-refractivity contribution in [2.24, 2.45) is 0 Å². The van der Waals surface area contributed by atoms with Gasteiger partial charge in [0, 0.05) is 18.5 Å². The minimum atomic E-state index is 0.197. The summed E-state index contributed by atoms with van der Waals surface area (Å²) in [6, 6.07) is 0.726. The van der Waals surface area contributed by atoms with Crippen LogP contribution in [0.3, 0.4) is 0 Å². The average molecular weight is 230 g/mol. The first-order chi connectivity index (χ1) is 7.22. The largest absolute Gasteiger partial charge is 0.354 e. The zero-order valence-electron chi connectivity index (χ0n) is 9.71. The highest BCUT2D eigenvalue weighted by Gasteiger charge is 2.18. The van der Waals surface area contributed by atoms with Crippen molar-refractivity contribution in [1.29, 1.82) is 0 Å². The van der Waals surface area contributed by atoms with Crippen molar-refractivity contribution in [1.82, 2.24) is 10.6 Å². The molecule has 0 aliphatic carbocycles. The standard InChI is InChI=1S/C11H22N2OS/c1-9(5-7-15-2)13-11(14)8-10-4-3-6-12-10/h9-10,12H,3-8H2,1-2H3,(H,13,14).